The first-order valence-electron chi connectivity index (χ1n) is 24.3. The van der Waals surface area contributed by atoms with Crippen molar-refractivity contribution in [2.75, 3.05) is 18.1 Å². The molecule has 8 nitrogen and oxygen atoms in total. The lowest BCUT2D eigenvalue weighted by molar-refractivity contribution is -0.132. The molecular weight excluding hydrogens is 857 g/mol. The van der Waals surface area contributed by atoms with Gasteiger partial charge in [-0.25, -0.2) is 14.8 Å². The minimum Gasteiger partial charge on any atom is -0.494 e. The molecule has 0 bridgehead atoms. The van der Waals surface area contributed by atoms with Gasteiger partial charge in [0.2, 0.25) is 0 Å². The summed E-state index contributed by atoms with van der Waals surface area (Å²) in [6.07, 6.45) is 19.2. The first kappa shape index (κ1) is 48.2. The highest BCUT2D eigenvalue weighted by Gasteiger charge is 2.21. The number of nitrogens with zero attached hydrogens (tertiary/aromatic N) is 4. The summed E-state index contributed by atoms with van der Waals surface area (Å²) in [5.74, 6) is 0.504. The number of unbranched alkanes of at least 4 members (excludes halogenated alkanes) is 10. The smallest absolute Gasteiger partial charge is 0.346 e. The first-order chi connectivity index (χ1) is 32.3. The van der Waals surface area contributed by atoms with Crippen molar-refractivity contribution >= 4 is 83.0 Å². The molecule has 0 spiro atoms. The van der Waals surface area contributed by atoms with Crippen molar-refractivity contribution in [3.05, 3.63) is 107 Å². The first-order valence-corrected chi connectivity index (χ1v) is 25.9. The molecule has 344 valence electrons. The van der Waals surface area contributed by atoms with E-state index in [1.54, 1.807) is 11.3 Å². The van der Waals surface area contributed by atoms with Gasteiger partial charge in [-0.1, -0.05) is 104 Å². The second-order valence-electron chi connectivity index (χ2n) is 17.1. The molecule has 66 heavy (non-hydrogen) atoms. The van der Waals surface area contributed by atoms with E-state index in [4.69, 9.17) is 19.4 Å². The number of carbonyl (C=O) groups is 1. The second-order valence-corrected chi connectivity index (χ2v) is 19.3. The SMILES string of the molecule is CCCCCCOc1ccc(N(c2ccc(OCCCCCC)cc2)c2ccc(-c3cc4c5nc(CCCCC)c(CCCCC)nc5c5cc(/C=C(/C#N)C(=O)O)sc5c4s3)cc2)cc1. The largest absolute Gasteiger partial charge is 0.494 e. The summed E-state index contributed by atoms with van der Waals surface area (Å²) in [4.78, 5) is 26.9. The van der Waals surface area contributed by atoms with Crippen LogP contribution in [0.25, 0.3) is 47.7 Å². The fourth-order valence-electron chi connectivity index (χ4n) is 8.40. The van der Waals surface area contributed by atoms with E-state index in [1.807, 2.05) is 12.1 Å². The molecule has 4 aromatic carbocycles. The summed E-state index contributed by atoms with van der Waals surface area (Å²) < 4.78 is 14.4. The molecule has 0 amide bonds. The Balaban J connectivity index is 1.28. The van der Waals surface area contributed by atoms with Crippen LogP contribution in [-0.2, 0) is 17.6 Å². The van der Waals surface area contributed by atoms with Crippen LogP contribution in [0.5, 0.6) is 11.5 Å². The fourth-order valence-corrected chi connectivity index (χ4v) is 10.8. The molecule has 0 saturated carbocycles. The fraction of sp³-hybridized carbons (Fsp3) is 0.393. The number of hydrogen-bond donors (Lipinski definition) is 1. The molecule has 0 aliphatic heterocycles. The lowest BCUT2D eigenvalue weighted by Gasteiger charge is -2.26. The Kier molecular flexibility index (Phi) is 17.6. The van der Waals surface area contributed by atoms with E-state index >= 15 is 0 Å². The highest BCUT2D eigenvalue weighted by Crippen LogP contribution is 2.46. The number of fused-ring (bicyclic) bond motifs is 6. The predicted octanol–water partition coefficient (Wildman–Crippen LogP) is 16.6. The van der Waals surface area contributed by atoms with Gasteiger partial charge in [0.1, 0.15) is 23.1 Å². The molecule has 0 unspecified atom stereocenters. The van der Waals surface area contributed by atoms with Gasteiger partial charge in [0, 0.05) is 37.6 Å². The topological polar surface area (TPSA) is 109 Å². The van der Waals surface area contributed by atoms with Crippen molar-refractivity contribution in [3.8, 4) is 28.0 Å². The van der Waals surface area contributed by atoms with E-state index in [-0.39, 0.29) is 5.57 Å². The molecule has 10 heteroatoms. The normalized spacial score (nSPS) is 11.7. The Morgan fingerprint density at radius 2 is 1.08 bits per heavy atom. The second kappa shape index (κ2) is 24.1. The van der Waals surface area contributed by atoms with Gasteiger partial charge in [-0.05, 0) is 123 Å². The number of carboxylic acids is 1. The molecule has 0 radical (unpaired) electrons. The van der Waals surface area contributed by atoms with Crippen molar-refractivity contribution in [1.82, 2.24) is 9.97 Å². The third kappa shape index (κ3) is 12.0. The Morgan fingerprint density at radius 1 is 0.621 bits per heavy atom. The number of nitriles is 1. The van der Waals surface area contributed by atoms with Crippen LogP contribution in [0, 0.1) is 11.3 Å². The number of carboxylic acid groups (broad SMARTS) is 1. The van der Waals surface area contributed by atoms with Gasteiger partial charge in [0.25, 0.3) is 0 Å². The van der Waals surface area contributed by atoms with Gasteiger partial charge in [-0.15, -0.1) is 22.7 Å². The third-order valence-electron chi connectivity index (χ3n) is 12.1. The molecule has 7 aromatic rings. The standard InChI is InChI=1S/C56H64N4O4S2/c1-5-9-13-17-33-63-44-29-25-42(26-30-44)60(43-27-31-45(32-28-43)64-34-18-14-10-6-2)41-23-21-39(22-24-41)51-37-48-53-52(58-49(19-15-11-7-3)50(59-53)20-16-12-8-4)47-36-46(35-40(38-57)56(61)62)65-54(47)55(48)66-51/h21-32,35-37H,5-20,33-34H2,1-4H3,(H,61,62)/b40-35-. The monoisotopic (exact) mass is 920 g/mol. The van der Waals surface area contributed by atoms with Gasteiger partial charge < -0.3 is 19.5 Å². The van der Waals surface area contributed by atoms with Crippen LogP contribution in [0.3, 0.4) is 0 Å². The van der Waals surface area contributed by atoms with E-state index < -0.39 is 5.97 Å². The predicted molar refractivity (Wildman–Crippen MR) is 277 cm³/mol. The van der Waals surface area contributed by atoms with Crippen LogP contribution < -0.4 is 14.4 Å². The minimum atomic E-state index is -1.24. The summed E-state index contributed by atoms with van der Waals surface area (Å²) in [5, 5.41) is 21.4. The average Bonchev–Trinajstić information content (AvgIpc) is 3.98. The zero-order valence-corrected chi connectivity index (χ0v) is 40.8. The Morgan fingerprint density at radius 3 is 1.55 bits per heavy atom. The van der Waals surface area contributed by atoms with Gasteiger partial charge in [0.05, 0.1) is 45.0 Å². The number of thiophene rings is 2. The Bertz CT molecular complexity index is 2690. The van der Waals surface area contributed by atoms with Crippen molar-refractivity contribution in [1.29, 1.82) is 5.26 Å². The summed E-state index contributed by atoms with van der Waals surface area (Å²) in [7, 11) is 0. The quantitative estimate of drug-likeness (QED) is 0.0325. The van der Waals surface area contributed by atoms with Gasteiger partial charge in [0.15, 0.2) is 0 Å². The van der Waals surface area contributed by atoms with Crippen molar-refractivity contribution in [2.45, 2.75) is 130 Å². The van der Waals surface area contributed by atoms with Crippen LogP contribution >= 0.6 is 22.7 Å². The number of aliphatic carboxylic acids is 1. The van der Waals surface area contributed by atoms with Crippen LogP contribution in [0.2, 0.25) is 0 Å². The third-order valence-corrected chi connectivity index (χ3v) is 14.5. The summed E-state index contributed by atoms with van der Waals surface area (Å²) in [6.45, 7) is 10.3. The van der Waals surface area contributed by atoms with Gasteiger partial charge >= 0.3 is 5.97 Å². The molecule has 3 aromatic heterocycles. The maximum Gasteiger partial charge on any atom is 0.346 e. The number of rotatable bonds is 26. The zero-order valence-electron chi connectivity index (χ0n) is 39.2. The lowest BCUT2D eigenvalue weighted by Crippen LogP contribution is -2.10. The zero-order chi connectivity index (χ0) is 46.3. The van der Waals surface area contributed by atoms with Crippen LogP contribution in [0.4, 0.5) is 17.1 Å². The maximum atomic E-state index is 11.9. The number of aromatic nitrogens is 2. The van der Waals surface area contributed by atoms with E-state index in [2.05, 4.69) is 111 Å². The minimum absolute atomic E-state index is 0.295. The number of benzene rings is 4. The van der Waals surface area contributed by atoms with Crippen LogP contribution in [0.15, 0.2) is 90.5 Å². The molecule has 0 aliphatic rings. The molecule has 1 N–H and O–H groups in total. The van der Waals surface area contributed by atoms with E-state index in [0.29, 0.717) is 18.1 Å². The number of hydrogen-bond acceptors (Lipinski definition) is 9. The Hall–Kier alpha value is -5.76. The Labute approximate surface area is 399 Å². The maximum absolute atomic E-state index is 11.9. The van der Waals surface area contributed by atoms with Gasteiger partial charge in [-0.2, -0.15) is 5.26 Å². The summed E-state index contributed by atoms with van der Waals surface area (Å²) in [6, 6.07) is 31.6. The van der Waals surface area contributed by atoms with Gasteiger partial charge in [-0.3, -0.25) is 0 Å². The van der Waals surface area contributed by atoms with E-state index in [9.17, 15) is 15.2 Å². The van der Waals surface area contributed by atoms with Crippen molar-refractivity contribution in [2.24, 2.45) is 0 Å². The molecule has 0 aliphatic carbocycles. The van der Waals surface area contributed by atoms with Crippen LogP contribution in [-0.4, -0.2) is 34.3 Å². The number of aryl methyl sites for hydroxylation is 2. The molecule has 7 rings (SSSR count). The molecule has 0 fully saturated rings. The van der Waals surface area contributed by atoms with Crippen LogP contribution in [0.1, 0.15) is 134 Å². The average molecular weight is 921 g/mol. The van der Waals surface area contributed by atoms with Crippen molar-refractivity contribution in [3.63, 3.8) is 0 Å². The van der Waals surface area contributed by atoms with E-state index in [1.165, 1.54) is 55.9 Å². The molecule has 0 atom stereocenters. The van der Waals surface area contributed by atoms with Crippen molar-refractivity contribution < 1.29 is 19.4 Å². The number of anilines is 3. The summed E-state index contributed by atoms with van der Waals surface area (Å²) in [5.41, 5.74) is 7.72. The summed E-state index contributed by atoms with van der Waals surface area (Å²) >= 11 is 3.22. The lowest BCUT2D eigenvalue weighted by atomic mass is 10.0. The molecule has 0 saturated heterocycles. The molecular formula is C56H64N4O4S2. The number of ether oxygens (including phenoxy) is 2. The van der Waals surface area contributed by atoms with E-state index in [0.717, 1.165) is 146 Å². The molecule has 3 heterocycles. The highest BCUT2D eigenvalue weighted by atomic mass is 32.1. The highest BCUT2D eigenvalue weighted by molar-refractivity contribution is 7.29.